The number of anilines is 1. The van der Waals surface area contributed by atoms with Crippen LogP contribution in [-0.2, 0) is 37.1 Å². The van der Waals surface area contributed by atoms with Crippen LogP contribution in [0.5, 0.6) is 0 Å². The van der Waals surface area contributed by atoms with E-state index in [0.29, 0.717) is 17.9 Å². The van der Waals surface area contributed by atoms with Crippen molar-refractivity contribution in [3.8, 4) is 0 Å². The molecule has 4 rings (SSSR count). The van der Waals surface area contributed by atoms with Crippen LogP contribution >= 0.6 is 23.3 Å². The van der Waals surface area contributed by atoms with Gasteiger partial charge in [0.25, 0.3) is 11.8 Å². The molecule has 2 aliphatic heterocycles. The standard InChI is InChI=1S/C21H23N7O6S2/c1-3-34-25-13(16-24-21(22)36-26-16)17(29)23-14-18(30)28-15(20(31)32)12(10-35-19(14)28)8-27-6-4-5-11(7-27)9-33-2/h4-7,14,19H,3,8-10H2,1-2H3,(H3-,22,23,24,26,29,31,32)/t14?,19-/m0/s1. The van der Waals surface area contributed by atoms with Gasteiger partial charge in [-0.05, 0) is 13.0 Å². The van der Waals surface area contributed by atoms with Gasteiger partial charge in [-0.15, -0.1) is 11.8 Å². The third kappa shape index (κ3) is 5.17. The molecule has 0 spiro atoms. The lowest BCUT2D eigenvalue weighted by Gasteiger charge is -2.50. The van der Waals surface area contributed by atoms with E-state index in [1.54, 1.807) is 20.2 Å². The van der Waals surface area contributed by atoms with Crippen molar-refractivity contribution in [1.82, 2.24) is 19.6 Å². The van der Waals surface area contributed by atoms with Crippen LogP contribution in [0.1, 0.15) is 18.3 Å². The van der Waals surface area contributed by atoms with Crippen LogP contribution < -0.4 is 20.7 Å². The Morgan fingerprint density at radius 2 is 2.25 bits per heavy atom. The molecule has 2 aliphatic rings. The first-order valence-corrected chi connectivity index (χ1v) is 12.6. The summed E-state index contributed by atoms with van der Waals surface area (Å²) in [5, 5.41) is 17.9. The van der Waals surface area contributed by atoms with Crippen molar-refractivity contribution in [3.63, 3.8) is 0 Å². The first kappa shape index (κ1) is 25.5. The van der Waals surface area contributed by atoms with Gasteiger partial charge in [0.2, 0.25) is 11.5 Å². The number of carbonyl (C=O) groups excluding carboxylic acids is 3. The molecular formula is C21H23N7O6S2. The summed E-state index contributed by atoms with van der Waals surface area (Å²) in [4.78, 5) is 48.1. The number of hydrogen-bond acceptors (Lipinski definition) is 12. The molecule has 0 saturated carbocycles. The fourth-order valence-corrected chi connectivity index (χ4v) is 5.56. The first-order valence-electron chi connectivity index (χ1n) is 10.8. The fourth-order valence-electron chi connectivity index (χ4n) is 3.79. The number of nitrogens with zero attached hydrogens (tertiary/aromatic N) is 5. The molecule has 1 saturated heterocycles. The molecule has 2 aromatic heterocycles. The SMILES string of the molecule is CCON=C(C(=O)NC1C(=O)N2C(C(=O)[O-])=C(C[n+]3cccc(COC)c3)CS[C@@H]12)c1nsc(N)n1. The molecule has 36 heavy (non-hydrogen) atoms. The zero-order valence-electron chi connectivity index (χ0n) is 19.4. The highest BCUT2D eigenvalue weighted by Crippen LogP contribution is 2.40. The van der Waals surface area contributed by atoms with Gasteiger partial charge < -0.3 is 30.5 Å². The highest BCUT2D eigenvalue weighted by Gasteiger charge is 2.53. The number of nitrogen functional groups attached to an aromatic ring is 1. The zero-order chi connectivity index (χ0) is 25.8. The van der Waals surface area contributed by atoms with Crippen LogP contribution in [0.3, 0.4) is 0 Å². The van der Waals surface area contributed by atoms with E-state index in [1.807, 2.05) is 22.9 Å². The van der Waals surface area contributed by atoms with Gasteiger partial charge in [0.1, 0.15) is 18.0 Å². The summed E-state index contributed by atoms with van der Waals surface area (Å²) in [7, 11) is 1.59. The summed E-state index contributed by atoms with van der Waals surface area (Å²) in [6, 6.07) is 2.75. The Morgan fingerprint density at radius 1 is 1.44 bits per heavy atom. The number of fused-ring (bicyclic) bond motifs is 1. The minimum Gasteiger partial charge on any atom is -0.543 e. The zero-order valence-corrected chi connectivity index (χ0v) is 21.0. The maximum atomic E-state index is 13.0. The summed E-state index contributed by atoms with van der Waals surface area (Å²) in [5.74, 6) is -2.47. The Bertz CT molecular complexity index is 1250. The normalized spacial score (nSPS) is 19.6. The highest BCUT2D eigenvalue weighted by molar-refractivity contribution is 8.00. The van der Waals surface area contributed by atoms with Gasteiger partial charge in [-0.3, -0.25) is 14.5 Å². The molecular weight excluding hydrogens is 510 g/mol. The van der Waals surface area contributed by atoms with E-state index in [9.17, 15) is 19.5 Å². The van der Waals surface area contributed by atoms with E-state index in [4.69, 9.17) is 15.3 Å². The Hall–Kier alpha value is -3.56. The molecule has 3 N–H and O–H groups in total. The topological polar surface area (TPSA) is 176 Å². The van der Waals surface area contributed by atoms with Crippen molar-refractivity contribution in [2.45, 2.75) is 31.5 Å². The van der Waals surface area contributed by atoms with Crippen LogP contribution in [0.4, 0.5) is 5.13 Å². The number of pyridine rings is 1. The Labute approximate surface area is 214 Å². The number of methoxy groups -OCH3 is 1. The molecule has 1 unspecified atom stereocenters. The third-order valence-corrected chi connectivity index (χ3v) is 7.17. The number of rotatable bonds is 10. The largest absolute Gasteiger partial charge is 0.543 e. The van der Waals surface area contributed by atoms with Crippen LogP contribution in [0.15, 0.2) is 41.0 Å². The van der Waals surface area contributed by atoms with E-state index in [1.165, 1.54) is 11.8 Å². The summed E-state index contributed by atoms with van der Waals surface area (Å²) in [6.45, 7) is 2.54. The van der Waals surface area contributed by atoms with Crippen LogP contribution in [-0.4, -0.2) is 68.6 Å². The number of carbonyl (C=O) groups is 3. The first-order chi connectivity index (χ1) is 17.3. The lowest BCUT2D eigenvalue weighted by atomic mass is 10.0. The van der Waals surface area contributed by atoms with Crippen molar-refractivity contribution in [3.05, 3.63) is 47.2 Å². The van der Waals surface area contributed by atoms with Crippen molar-refractivity contribution in [2.75, 3.05) is 25.2 Å². The second-order valence-corrected chi connectivity index (χ2v) is 9.62. The Balaban J connectivity index is 1.52. The van der Waals surface area contributed by atoms with E-state index in [-0.39, 0.29) is 35.5 Å². The number of carboxylic acids is 1. The predicted molar refractivity (Wildman–Crippen MR) is 127 cm³/mol. The lowest BCUT2D eigenvalue weighted by Crippen LogP contribution is -2.71. The van der Waals surface area contributed by atoms with Gasteiger partial charge in [0.05, 0.1) is 18.3 Å². The van der Waals surface area contributed by atoms with Gasteiger partial charge in [0, 0.05) is 41.6 Å². The van der Waals surface area contributed by atoms with Crippen molar-refractivity contribution in [2.24, 2.45) is 5.16 Å². The van der Waals surface area contributed by atoms with Crippen LogP contribution in [0, 0.1) is 0 Å². The number of nitrogens with one attached hydrogen (secondary N) is 1. The molecule has 0 aliphatic carbocycles. The number of β-lactam (4-membered cyclic amide) rings is 1. The number of oxime groups is 1. The van der Waals surface area contributed by atoms with Gasteiger partial charge in [-0.2, -0.15) is 9.36 Å². The van der Waals surface area contributed by atoms with Crippen molar-refractivity contribution < 1.29 is 33.6 Å². The number of ether oxygens (including phenoxy) is 1. The predicted octanol–water partition coefficient (Wildman–Crippen LogP) is -1.60. The van der Waals surface area contributed by atoms with Gasteiger partial charge >= 0.3 is 0 Å². The molecule has 0 bridgehead atoms. The molecule has 190 valence electrons. The van der Waals surface area contributed by atoms with Crippen molar-refractivity contribution >= 4 is 51.9 Å². The molecule has 15 heteroatoms. The second-order valence-electron chi connectivity index (χ2n) is 7.73. The highest BCUT2D eigenvalue weighted by atomic mass is 32.2. The van der Waals surface area contributed by atoms with E-state index in [0.717, 1.165) is 22.0 Å². The number of thioether (sulfide) groups is 1. The minimum atomic E-state index is -1.46. The Morgan fingerprint density at radius 3 is 2.92 bits per heavy atom. The van der Waals surface area contributed by atoms with E-state index in [2.05, 4.69) is 19.8 Å². The average Bonchev–Trinajstić information content (AvgIpc) is 3.28. The minimum absolute atomic E-state index is 0.0336. The van der Waals surface area contributed by atoms with Crippen molar-refractivity contribution in [1.29, 1.82) is 0 Å². The quantitative estimate of drug-likeness (QED) is 0.156. The molecule has 0 radical (unpaired) electrons. The summed E-state index contributed by atoms with van der Waals surface area (Å²) >= 11 is 2.22. The van der Waals surface area contributed by atoms with E-state index < -0.39 is 29.2 Å². The average molecular weight is 534 g/mol. The smallest absolute Gasteiger partial charge is 0.278 e. The van der Waals surface area contributed by atoms with Crippen LogP contribution in [0.2, 0.25) is 0 Å². The third-order valence-electron chi connectivity index (χ3n) is 5.28. The molecule has 2 atom stereocenters. The number of amides is 2. The Kier molecular flexibility index (Phi) is 7.81. The monoisotopic (exact) mass is 533 g/mol. The molecule has 2 aromatic rings. The second kappa shape index (κ2) is 11.0. The maximum Gasteiger partial charge on any atom is 0.278 e. The fraction of sp³-hybridized carbons (Fsp3) is 0.381. The van der Waals surface area contributed by atoms with Gasteiger partial charge in [-0.1, -0.05) is 5.16 Å². The summed E-state index contributed by atoms with van der Waals surface area (Å²) < 4.78 is 10.9. The van der Waals surface area contributed by atoms with E-state index >= 15 is 0 Å². The number of nitrogens with two attached hydrogens (primary N) is 1. The number of hydrogen-bond donors (Lipinski definition) is 2. The lowest BCUT2D eigenvalue weighted by molar-refractivity contribution is -0.689. The van der Waals surface area contributed by atoms with Crippen LogP contribution in [0.25, 0.3) is 0 Å². The summed E-state index contributed by atoms with van der Waals surface area (Å²) in [6.07, 6.45) is 3.65. The molecule has 2 amide bonds. The molecule has 4 heterocycles. The van der Waals surface area contributed by atoms with Gasteiger partial charge in [-0.25, -0.2) is 4.57 Å². The summed E-state index contributed by atoms with van der Waals surface area (Å²) in [5.41, 5.74) is 6.63. The number of aromatic nitrogens is 3. The molecule has 1 fully saturated rings. The number of aliphatic carboxylic acids is 1. The van der Waals surface area contributed by atoms with Gasteiger partial charge in [0.15, 0.2) is 24.1 Å². The molecule has 0 aromatic carbocycles. The number of carboxylic acid groups (broad SMARTS) is 1. The maximum absolute atomic E-state index is 13.0. The molecule has 13 nitrogen and oxygen atoms in total.